The van der Waals surface area contributed by atoms with E-state index in [-0.39, 0.29) is 5.56 Å². The highest BCUT2D eigenvalue weighted by molar-refractivity contribution is 5.72. The second-order valence-corrected chi connectivity index (χ2v) is 5.94. The molecule has 4 rings (SSSR count). The number of aromatic nitrogens is 3. The Morgan fingerprint density at radius 2 is 1.92 bits per heavy atom. The average molecular weight is 345 g/mol. The van der Waals surface area contributed by atoms with Crippen LogP contribution in [0.5, 0.6) is 0 Å². The van der Waals surface area contributed by atoms with Crippen LogP contribution in [0.1, 0.15) is 17.9 Å². The van der Waals surface area contributed by atoms with Gasteiger partial charge in [0.15, 0.2) is 5.58 Å². The molecule has 1 aromatic carbocycles. The minimum Gasteiger partial charge on any atom is -0.439 e. The van der Waals surface area contributed by atoms with Crippen molar-refractivity contribution in [3.8, 4) is 0 Å². The van der Waals surface area contributed by atoms with Gasteiger partial charge in [-0.3, -0.25) is 4.90 Å². The van der Waals surface area contributed by atoms with E-state index in [9.17, 15) is 8.78 Å². The quantitative estimate of drug-likeness (QED) is 0.725. The molecule has 1 aliphatic heterocycles. The van der Waals surface area contributed by atoms with Crippen molar-refractivity contribution in [3.05, 3.63) is 48.2 Å². The monoisotopic (exact) mass is 345 g/mol. The summed E-state index contributed by atoms with van der Waals surface area (Å²) in [5.41, 5.74) is 1.51. The van der Waals surface area contributed by atoms with Crippen LogP contribution in [0.2, 0.25) is 0 Å². The van der Waals surface area contributed by atoms with Crippen molar-refractivity contribution in [1.29, 1.82) is 0 Å². The van der Waals surface area contributed by atoms with Gasteiger partial charge < -0.3 is 9.32 Å². The molecule has 0 aliphatic carbocycles. The molecular formula is C17H17F2N5O. The molecule has 1 saturated heterocycles. The van der Waals surface area contributed by atoms with E-state index in [4.69, 9.17) is 4.42 Å². The summed E-state index contributed by atoms with van der Waals surface area (Å²) < 4.78 is 32.0. The second kappa shape index (κ2) is 6.72. The fourth-order valence-corrected chi connectivity index (χ4v) is 3.05. The number of para-hydroxylation sites is 2. The number of oxazole rings is 1. The highest BCUT2D eigenvalue weighted by Crippen LogP contribution is 2.27. The van der Waals surface area contributed by atoms with Crippen LogP contribution in [0.15, 0.2) is 41.2 Å². The van der Waals surface area contributed by atoms with Gasteiger partial charge in [-0.05, 0) is 12.1 Å². The minimum atomic E-state index is -2.58. The number of nitrogens with zero attached hydrogens (tertiary/aromatic N) is 5. The van der Waals surface area contributed by atoms with Gasteiger partial charge in [0.1, 0.15) is 17.7 Å². The van der Waals surface area contributed by atoms with Gasteiger partial charge >= 0.3 is 0 Å². The number of benzene rings is 1. The Balaban J connectivity index is 1.41. The third kappa shape index (κ3) is 3.30. The molecule has 0 atom stereocenters. The molecule has 25 heavy (non-hydrogen) atoms. The lowest BCUT2D eigenvalue weighted by molar-refractivity contribution is 0.150. The molecule has 0 saturated carbocycles. The van der Waals surface area contributed by atoms with Gasteiger partial charge in [-0.25, -0.2) is 23.7 Å². The molecule has 3 heterocycles. The van der Waals surface area contributed by atoms with Crippen LogP contribution in [-0.4, -0.2) is 46.0 Å². The van der Waals surface area contributed by atoms with Crippen molar-refractivity contribution in [2.45, 2.75) is 13.0 Å². The summed E-state index contributed by atoms with van der Waals surface area (Å²) in [4.78, 5) is 16.3. The zero-order chi connectivity index (χ0) is 17.2. The summed E-state index contributed by atoms with van der Waals surface area (Å²) in [5, 5.41) is 0. The van der Waals surface area contributed by atoms with Crippen LogP contribution >= 0.6 is 0 Å². The van der Waals surface area contributed by atoms with Gasteiger partial charge in [-0.15, -0.1) is 0 Å². The zero-order valence-corrected chi connectivity index (χ0v) is 13.5. The standard InChI is InChI=1S/C17H17F2N5O/c18-16(19)12-9-20-11-21-17(12)24-7-5-23(6-8-24)10-15-22-13-3-1-2-4-14(13)25-15/h1-4,9,11,16H,5-8,10H2. The smallest absolute Gasteiger partial charge is 0.268 e. The number of alkyl halides is 2. The number of fused-ring (bicyclic) bond motifs is 1. The fraction of sp³-hybridized carbons (Fsp3) is 0.353. The van der Waals surface area contributed by atoms with Crippen LogP contribution < -0.4 is 4.90 Å². The van der Waals surface area contributed by atoms with Crippen molar-refractivity contribution in [2.24, 2.45) is 0 Å². The molecule has 1 fully saturated rings. The van der Waals surface area contributed by atoms with E-state index in [1.807, 2.05) is 29.2 Å². The van der Waals surface area contributed by atoms with Crippen molar-refractivity contribution in [1.82, 2.24) is 19.9 Å². The Morgan fingerprint density at radius 3 is 2.68 bits per heavy atom. The molecule has 3 aromatic rings. The molecule has 0 spiro atoms. The van der Waals surface area contributed by atoms with Gasteiger partial charge in [0.2, 0.25) is 5.89 Å². The lowest BCUT2D eigenvalue weighted by Gasteiger charge is -2.35. The fourth-order valence-electron chi connectivity index (χ4n) is 3.05. The van der Waals surface area contributed by atoms with Crippen molar-refractivity contribution in [3.63, 3.8) is 0 Å². The van der Waals surface area contributed by atoms with Crippen molar-refractivity contribution in [2.75, 3.05) is 31.1 Å². The molecule has 6 nitrogen and oxygen atoms in total. The molecule has 2 aromatic heterocycles. The Morgan fingerprint density at radius 1 is 1.12 bits per heavy atom. The lowest BCUT2D eigenvalue weighted by atomic mass is 10.2. The number of hydrogen-bond donors (Lipinski definition) is 0. The minimum absolute atomic E-state index is 0.116. The van der Waals surface area contributed by atoms with Crippen LogP contribution in [0.25, 0.3) is 11.1 Å². The Bertz CT molecular complexity index is 828. The normalized spacial score (nSPS) is 16.0. The maximum Gasteiger partial charge on any atom is 0.268 e. The van der Waals surface area contributed by atoms with Crippen molar-refractivity contribution < 1.29 is 13.2 Å². The first kappa shape index (κ1) is 15.9. The SMILES string of the molecule is FC(F)c1cncnc1N1CCN(Cc2nc3ccccc3o2)CC1. The largest absolute Gasteiger partial charge is 0.439 e. The average Bonchev–Trinajstić information content (AvgIpc) is 3.04. The predicted octanol–water partition coefficient (Wildman–Crippen LogP) is 2.88. The van der Waals surface area contributed by atoms with Gasteiger partial charge in [0.25, 0.3) is 6.43 Å². The van der Waals surface area contributed by atoms with Gasteiger partial charge in [0.05, 0.1) is 12.1 Å². The van der Waals surface area contributed by atoms with Crippen LogP contribution in [0.3, 0.4) is 0 Å². The highest BCUT2D eigenvalue weighted by atomic mass is 19.3. The number of halogens is 2. The lowest BCUT2D eigenvalue weighted by Crippen LogP contribution is -2.46. The zero-order valence-electron chi connectivity index (χ0n) is 13.5. The Hall–Kier alpha value is -2.61. The molecule has 0 N–H and O–H groups in total. The molecule has 0 radical (unpaired) electrons. The maximum absolute atomic E-state index is 13.1. The highest BCUT2D eigenvalue weighted by Gasteiger charge is 2.24. The number of rotatable bonds is 4. The van der Waals surface area contributed by atoms with E-state index in [1.54, 1.807) is 0 Å². The van der Waals surface area contributed by atoms with E-state index in [0.29, 0.717) is 31.3 Å². The summed E-state index contributed by atoms with van der Waals surface area (Å²) in [5.74, 6) is 0.997. The molecule has 0 bridgehead atoms. The number of piperazine rings is 1. The third-order valence-corrected chi connectivity index (χ3v) is 4.32. The molecule has 0 unspecified atom stereocenters. The molecule has 130 valence electrons. The van der Waals surface area contributed by atoms with Gasteiger partial charge in [-0.2, -0.15) is 0 Å². The molecule has 8 heteroatoms. The van der Waals surface area contributed by atoms with E-state index in [2.05, 4.69) is 19.9 Å². The second-order valence-electron chi connectivity index (χ2n) is 5.94. The van der Waals surface area contributed by atoms with E-state index in [0.717, 1.165) is 24.2 Å². The summed E-state index contributed by atoms with van der Waals surface area (Å²) in [6.45, 7) is 3.30. The van der Waals surface area contributed by atoms with Gasteiger partial charge in [-0.1, -0.05) is 12.1 Å². The first-order chi connectivity index (χ1) is 12.2. The maximum atomic E-state index is 13.1. The third-order valence-electron chi connectivity index (χ3n) is 4.32. The summed E-state index contributed by atoms with van der Waals surface area (Å²) in [6.07, 6.45) is -0.0714. The van der Waals surface area contributed by atoms with Gasteiger partial charge in [0, 0.05) is 32.4 Å². The number of hydrogen-bond acceptors (Lipinski definition) is 6. The molecule has 0 amide bonds. The molecular weight excluding hydrogens is 328 g/mol. The van der Waals surface area contributed by atoms with Crippen LogP contribution in [-0.2, 0) is 6.54 Å². The predicted molar refractivity (Wildman–Crippen MR) is 88.5 cm³/mol. The van der Waals surface area contributed by atoms with Crippen LogP contribution in [0, 0.1) is 0 Å². The number of anilines is 1. The summed E-state index contributed by atoms with van der Waals surface area (Å²) in [6, 6.07) is 7.65. The van der Waals surface area contributed by atoms with Crippen molar-refractivity contribution >= 4 is 16.9 Å². The Labute approximate surface area is 143 Å². The molecule has 1 aliphatic rings. The summed E-state index contributed by atoms with van der Waals surface area (Å²) >= 11 is 0. The summed E-state index contributed by atoms with van der Waals surface area (Å²) in [7, 11) is 0. The Kier molecular flexibility index (Phi) is 4.27. The van der Waals surface area contributed by atoms with Crippen LogP contribution in [0.4, 0.5) is 14.6 Å². The first-order valence-electron chi connectivity index (χ1n) is 8.10. The van der Waals surface area contributed by atoms with E-state index < -0.39 is 6.43 Å². The first-order valence-corrected chi connectivity index (χ1v) is 8.10. The van der Waals surface area contributed by atoms with E-state index in [1.165, 1.54) is 12.5 Å². The van der Waals surface area contributed by atoms with E-state index >= 15 is 0 Å². The topological polar surface area (TPSA) is 58.3 Å².